The Morgan fingerprint density at radius 3 is 2.92 bits per heavy atom. The van der Waals surface area contributed by atoms with Crippen molar-refractivity contribution in [3.63, 3.8) is 0 Å². The average Bonchev–Trinajstić information content (AvgIpc) is 2.11. The van der Waals surface area contributed by atoms with Gasteiger partial charge in [-0.15, -0.1) is 0 Å². The highest BCUT2D eigenvalue weighted by Crippen LogP contribution is 2.09. The van der Waals surface area contributed by atoms with E-state index in [9.17, 15) is 4.39 Å². The van der Waals surface area contributed by atoms with E-state index in [4.69, 9.17) is 0 Å². The summed E-state index contributed by atoms with van der Waals surface area (Å²) in [6, 6.07) is 0. The molecule has 1 rings (SSSR count). The van der Waals surface area contributed by atoms with Crippen LogP contribution in [0, 0.1) is 0 Å². The lowest BCUT2D eigenvalue weighted by molar-refractivity contribution is 0.214. The molecule has 1 fully saturated rings. The third-order valence-corrected chi connectivity index (χ3v) is 2.27. The van der Waals surface area contributed by atoms with E-state index < -0.39 is 0 Å². The van der Waals surface area contributed by atoms with E-state index in [1.807, 2.05) is 0 Å². The summed E-state index contributed by atoms with van der Waals surface area (Å²) < 4.78 is 12.1. The summed E-state index contributed by atoms with van der Waals surface area (Å²) in [7, 11) is 0. The van der Waals surface area contributed by atoms with Crippen LogP contribution in [0.1, 0.15) is 20.3 Å². The summed E-state index contributed by atoms with van der Waals surface area (Å²) in [6.45, 7) is 7.74. The third-order valence-electron chi connectivity index (χ3n) is 2.27. The number of hydrogen-bond donors (Lipinski definition) is 1. The minimum absolute atomic E-state index is 0.145. The summed E-state index contributed by atoms with van der Waals surface area (Å²) in [6.07, 6.45) is 1.13. The molecule has 0 amide bonds. The highest BCUT2D eigenvalue weighted by atomic mass is 19.1. The third kappa shape index (κ3) is 3.07. The van der Waals surface area contributed by atoms with Crippen LogP contribution in [-0.2, 0) is 0 Å². The fourth-order valence-corrected chi connectivity index (χ4v) is 1.73. The van der Waals surface area contributed by atoms with Crippen LogP contribution >= 0.6 is 0 Å². The normalized spacial score (nSPS) is 25.2. The highest BCUT2D eigenvalue weighted by Gasteiger charge is 2.23. The molecule has 1 heterocycles. The SMILES string of the molecule is CC1(C)CN(CCF)CCCN1. The van der Waals surface area contributed by atoms with Crippen LogP contribution in [0.5, 0.6) is 0 Å². The van der Waals surface area contributed by atoms with Gasteiger partial charge in [0.2, 0.25) is 0 Å². The van der Waals surface area contributed by atoms with Crippen LogP contribution in [0.25, 0.3) is 0 Å². The molecule has 0 aliphatic carbocycles. The van der Waals surface area contributed by atoms with Crippen molar-refractivity contribution in [2.45, 2.75) is 25.8 Å². The molecule has 0 spiro atoms. The fraction of sp³-hybridized carbons (Fsp3) is 1.00. The summed E-state index contributed by atoms with van der Waals surface area (Å²) in [5.41, 5.74) is 0.145. The van der Waals surface area contributed by atoms with Crippen molar-refractivity contribution < 1.29 is 4.39 Å². The Morgan fingerprint density at radius 1 is 1.50 bits per heavy atom. The Labute approximate surface area is 74.1 Å². The van der Waals surface area contributed by atoms with Crippen LogP contribution < -0.4 is 5.32 Å². The number of hydrogen-bond acceptors (Lipinski definition) is 2. The Hall–Kier alpha value is -0.150. The van der Waals surface area contributed by atoms with Crippen molar-refractivity contribution >= 4 is 0 Å². The molecule has 0 aromatic heterocycles. The van der Waals surface area contributed by atoms with Gasteiger partial charge in [0.15, 0.2) is 0 Å². The Morgan fingerprint density at radius 2 is 2.25 bits per heavy atom. The van der Waals surface area contributed by atoms with Crippen molar-refractivity contribution in [2.24, 2.45) is 0 Å². The molecule has 0 aromatic rings. The van der Waals surface area contributed by atoms with E-state index in [0.717, 1.165) is 26.1 Å². The Bertz CT molecular complexity index is 136. The van der Waals surface area contributed by atoms with Crippen molar-refractivity contribution in [2.75, 3.05) is 32.9 Å². The topological polar surface area (TPSA) is 15.3 Å². The molecule has 0 atom stereocenters. The maximum Gasteiger partial charge on any atom is 0.102 e. The number of halogens is 1. The molecule has 72 valence electrons. The van der Waals surface area contributed by atoms with Crippen molar-refractivity contribution in [1.29, 1.82) is 0 Å². The first-order valence-corrected chi connectivity index (χ1v) is 4.67. The molecule has 0 saturated carbocycles. The molecule has 1 aliphatic heterocycles. The first-order chi connectivity index (χ1) is 5.64. The first kappa shape index (κ1) is 9.93. The molecule has 1 aliphatic rings. The molecule has 3 heteroatoms. The summed E-state index contributed by atoms with van der Waals surface area (Å²) in [4.78, 5) is 2.19. The van der Waals surface area contributed by atoms with Gasteiger partial charge in [-0.05, 0) is 33.4 Å². The van der Waals surface area contributed by atoms with Crippen LogP contribution in [0.4, 0.5) is 4.39 Å². The predicted octanol–water partition coefficient (Wildman–Crippen LogP) is 1.03. The number of rotatable bonds is 2. The zero-order valence-electron chi connectivity index (χ0n) is 8.07. The van der Waals surface area contributed by atoms with Gasteiger partial charge >= 0.3 is 0 Å². The second-order valence-corrected chi connectivity index (χ2v) is 4.13. The van der Waals surface area contributed by atoms with Gasteiger partial charge < -0.3 is 5.32 Å². The minimum Gasteiger partial charge on any atom is -0.310 e. The van der Waals surface area contributed by atoms with E-state index in [1.165, 1.54) is 0 Å². The Kier molecular flexibility index (Phi) is 3.47. The average molecular weight is 174 g/mol. The fourth-order valence-electron chi connectivity index (χ4n) is 1.73. The molecular formula is C9H19FN2. The number of alkyl halides is 1. The monoisotopic (exact) mass is 174 g/mol. The molecule has 12 heavy (non-hydrogen) atoms. The van der Waals surface area contributed by atoms with Gasteiger partial charge in [-0.3, -0.25) is 4.90 Å². The Balaban J connectivity index is 2.42. The lowest BCUT2D eigenvalue weighted by Gasteiger charge is -2.29. The van der Waals surface area contributed by atoms with Gasteiger partial charge in [-0.2, -0.15) is 0 Å². The van der Waals surface area contributed by atoms with Crippen LogP contribution in [0.2, 0.25) is 0 Å². The molecule has 0 unspecified atom stereocenters. The molecular weight excluding hydrogens is 155 g/mol. The van der Waals surface area contributed by atoms with E-state index >= 15 is 0 Å². The summed E-state index contributed by atoms with van der Waals surface area (Å²) >= 11 is 0. The summed E-state index contributed by atoms with van der Waals surface area (Å²) in [5, 5.41) is 3.45. The summed E-state index contributed by atoms with van der Waals surface area (Å²) in [5.74, 6) is 0. The van der Waals surface area contributed by atoms with Crippen molar-refractivity contribution in [3.8, 4) is 0 Å². The lowest BCUT2D eigenvalue weighted by atomic mass is 10.1. The van der Waals surface area contributed by atoms with Crippen molar-refractivity contribution in [1.82, 2.24) is 10.2 Å². The van der Waals surface area contributed by atoms with Gasteiger partial charge in [-0.25, -0.2) is 4.39 Å². The van der Waals surface area contributed by atoms with Crippen LogP contribution in [0.15, 0.2) is 0 Å². The lowest BCUT2D eigenvalue weighted by Crippen LogP contribution is -2.46. The molecule has 0 bridgehead atoms. The maximum absolute atomic E-state index is 12.1. The molecule has 0 radical (unpaired) electrons. The highest BCUT2D eigenvalue weighted by molar-refractivity contribution is 4.84. The number of nitrogens with zero attached hydrogens (tertiary/aromatic N) is 1. The zero-order chi connectivity index (χ0) is 9.03. The van der Waals surface area contributed by atoms with Gasteiger partial charge in [0, 0.05) is 18.6 Å². The molecule has 2 nitrogen and oxygen atoms in total. The standard InChI is InChI=1S/C9H19FN2/c1-9(2)8-12(7-4-10)6-3-5-11-9/h11H,3-8H2,1-2H3. The second kappa shape index (κ2) is 4.19. The van der Waals surface area contributed by atoms with Gasteiger partial charge in [0.1, 0.15) is 6.67 Å². The molecule has 1 saturated heterocycles. The van der Waals surface area contributed by atoms with E-state index in [2.05, 4.69) is 24.1 Å². The zero-order valence-corrected chi connectivity index (χ0v) is 8.07. The van der Waals surface area contributed by atoms with Gasteiger partial charge in [0.05, 0.1) is 0 Å². The van der Waals surface area contributed by atoms with E-state index in [0.29, 0.717) is 6.54 Å². The maximum atomic E-state index is 12.1. The molecule has 0 aromatic carbocycles. The minimum atomic E-state index is -0.226. The second-order valence-electron chi connectivity index (χ2n) is 4.13. The van der Waals surface area contributed by atoms with Crippen molar-refractivity contribution in [3.05, 3.63) is 0 Å². The largest absolute Gasteiger partial charge is 0.310 e. The smallest absolute Gasteiger partial charge is 0.102 e. The van der Waals surface area contributed by atoms with Crippen LogP contribution in [-0.4, -0.2) is 43.3 Å². The number of nitrogens with one attached hydrogen (secondary N) is 1. The van der Waals surface area contributed by atoms with Gasteiger partial charge in [0.25, 0.3) is 0 Å². The predicted molar refractivity (Wildman–Crippen MR) is 49.1 cm³/mol. The first-order valence-electron chi connectivity index (χ1n) is 4.67. The van der Waals surface area contributed by atoms with Crippen LogP contribution in [0.3, 0.4) is 0 Å². The van der Waals surface area contributed by atoms with Gasteiger partial charge in [-0.1, -0.05) is 0 Å². The van der Waals surface area contributed by atoms with E-state index in [1.54, 1.807) is 0 Å². The quantitative estimate of drug-likeness (QED) is 0.672. The molecule has 1 N–H and O–H groups in total. The van der Waals surface area contributed by atoms with E-state index in [-0.39, 0.29) is 12.2 Å².